The topological polar surface area (TPSA) is 0 Å². The SMILES string of the molecule is C=Cc1ccc[cH-]1.[Cr+2].c1cc[cH-]c1. The third-order valence-corrected chi connectivity index (χ3v) is 1.48. The first-order valence-electron chi connectivity index (χ1n) is 3.94. The zero-order valence-electron chi connectivity index (χ0n) is 7.39. The van der Waals surface area contributed by atoms with Crippen molar-refractivity contribution in [2.45, 2.75) is 0 Å². The van der Waals surface area contributed by atoms with E-state index in [4.69, 9.17) is 0 Å². The van der Waals surface area contributed by atoms with Gasteiger partial charge < -0.3 is 0 Å². The van der Waals surface area contributed by atoms with Crippen LogP contribution in [-0.4, -0.2) is 0 Å². The van der Waals surface area contributed by atoms with Crippen LogP contribution in [0.5, 0.6) is 0 Å². The summed E-state index contributed by atoms with van der Waals surface area (Å²) in [5.41, 5.74) is 1.19. The van der Waals surface area contributed by atoms with Crippen molar-refractivity contribution in [1.82, 2.24) is 0 Å². The molecule has 0 aliphatic carbocycles. The van der Waals surface area contributed by atoms with E-state index in [0.717, 1.165) is 0 Å². The molecular formula is C12H12Cr. The average molecular weight is 208 g/mol. The monoisotopic (exact) mass is 208 g/mol. The summed E-state index contributed by atoms with van der Waals surface area (Å²) >= 11 is 0. The van der Waals surface area contributed by atoms with Gasteiger partial charge in [0.15, 0.2) is 0 Å². The van der Waals surface area contributed by atoms with Gasteiger partial charge in [0.05, 0.1) is 0 Å². The van der Waals surface area contributed by atoms with Crippen molar-refractivity contribution in [3.05, 3.63) is 66.7 Å². The Morgan fingerprint density at radius 3 is 2.00 bits per heavy atom. The van der Waals surface area contributed by atoms with Crippen molar-refractivity contribution in [2.24, 2.45) is 0 Å². The molecule has 0 atom stereocenters. The van der Waals surface area contributed by atoms with Gasteiger partial charge in [0.1, 0.15) is 0 Å². The van der Waals surface area contributed by atoms with Gasteiger partial charge in [-0.3, -0.25) is 0 Å². The van der Waals surface area contributed by atoms with Crippen LogP contribution in [0.25, 0.3) is 6.08 Å². The fourth-order valence-electron chi connectivity index (χ4n) is 0.846. The van der Waals surface area contributed by atoms with E-state index in [1.54, 1.807) is 0 Å². The molecule has 0 bridgehead atoms. The number of hydrogen-bond donors (Lipinski definition) is 0. The molecule has 0 nitrogen and oxygen atoms in total. The van der Waals surface area contributed by atoms with Crippen LogP contribution in [0, 0.1) is 0 Å². The molecule has 0 aromatic heterocycles. The Morgan fingerprint density at radius 1 is 1.08 bits per heavy atom. The fourth-order valence-corrected chi connectivity index (χ4v) is 0.846. The minimum Gasteiger partial charge on any atom is -0.214 e. The zero-order chi connectivity index (χ0) is 8.65. The molecule has 0 N–H and O–H groups in total. The van der Waals surface area contributed by atoms with Crippen LogP contribution in [0.2, 0.25) is 0 Å². The van der Waals surface area contributed by atoms with Crippen LogP contribution in [0.15, 0.2) is 61.2 Å². The van der Waals surface area contributed by atoms with E-state index in [-0.39, 0.29) is 17.4 Å². The molecule has 0 heterocycles. The Hall–Kier alpha value is -1.03. The van der Waals surface area contributed by atoms with Gasteiger partial charge in [0, 0.05) is 0 Å². The molecule has 0 aliphatic rings. The van der Waals surface area contributed by atoms with Crippen LogP contribution >= 0.6 is 0 Å². The van der Waals surface area contributed by atoms with Gasteiger partial charge in [0.25, 0.3) is 0 Å². The summed E-state index contributed by atoms with van der Waals surface area (Å²) < 4.78 is 0. The van der Waals surface area contributed by atoms with Crippen LogP contribution in [0.4, 0.5) is 0 Å². The Balaban J connectivity index is 0.000000215. The predicted molar refractivity (Wildman–Crippen MR) is 54.2 cm³/mol. The van der Waals surface area contributed by atoms with E-state index < -0.39 is 0 Å². The Bertz CT molecular complexity index is 260. The van der Waals surface area contributed by atoms with E-state index >= 15 is 0 Å². The van der Waals surface area contributed by atoms with Gasteiger partial charge in [-0.25, -0.2) is 12.1 Å². The maximum atomic E-state index is 3.60. The maximum absolute atomic E-state index is 3.60. The second-order valence-corrected chi connectivity index (χ2v) is 2.38. The molecule has 2 rings (SSSR count). The molecule has 13 heavy (non-hydrogen) atoms. The van der Waals surface area contributed by atoms with Gasteiger partial charge in [0.2, 0.25) is 0 Å². The molecule has 0 amide bonds. The molecule has 0 fully saturated rings. The fraction of sp³-hybridized carbons (Fsp3) is 0. The van der Waals surface area contributed by atoms with E-state index in [2.05, 4.69) is 6.58 Å². The maximum Gasteiger partial charge on any atom is 2.00 e. The van der Waals surface area contributed by atoms with Crippen molar-refractivity contribution in [3.8, 4) is 0 Å². The van der Waals surface area contributed by atoms with Crippen LogP contribution in [0.3, 0.4) is 0 Å². The Morgan fingerprint density at radius 2 is 1.77 bits per heavy atom. The van der Waals surface area contributed by atoms with Crippen molar-refractivity contribution >= 4 is 6.08 Å². The standard InChI is InChI=1S/C7H7.C5H5.Cr/c1-2-7-5-3-4-6-7;1-2-4-5-3-1;/h2-6H,1H2;1-5H;/q2*-1;+2. The Labute approximate surface area is 90.4 Å². The normalized spacial score (nSPS) is 7.69. The first kappa shape index (κ1) is 12.0. The molecule has 0 saturated carbocycles. The minimum atomic E-state index is 0. The van der Waals surface area contributed by atoms with Crippen molar-refractivity contribution < 1.29 is 17.4 Å². The van der Waals surface area contributed by atoms with Crippen molar-refractivity contribution in [2.75, 3.05) is 0 Å². The Kier molecular flexibility index (Phi) is 7.01. The van der Waals surface area contributed by atoms with Crippen LogP contribution < -0.4 is 0 Å². The molecule has 66 valence electrons. The van der Waals surface area contributed by atoms with Crippen molar-refractivity contribution in [1.29, 1.82) is 0 Å². The third-order valence-electron chi connectivity index (χ3n) is 1.48. The van der Waals surface area contributed by atoms with E-state index in [0.29, 0.717) is 0 Å². The molecule has 0 spiro atoms. The summed E-state index contributed by atoms with van der Waals surface area (Å²) in [6, 6.07) is 18.0. The van der Waals surface area contributed by atoms with Gasteiger partial charge in [-0.1, -0.05) is 0 Å². The van der Waals surface area contributed by atoms with E-state index in [1.165, 1.54) is 5.56 Å². The first-order valence-corrected chi connectivity index (χ1v) is 3.94. The van der Waals surface area contributed by atoms with Gasteiger partial charge in [-0.2, -0.15) is 42.0 Å². The quantitative estimate of drug-likeness (QED) is 0.629. The molecule has 1 heteroatoms. The molecule has 0 unspecified atom stereocenters. The molecule has 2 aromatic carbocycles. The van der Waals surface area contributed by atoms with E-state index in [9.17, 15) is 0 Å². The summed E-state index contributed by atoms with van der Waals surface area (Å²) in [6.45, 7) is 3.60. The molecule has 0 saturated heterocycles. The molecule has 0 radical (unpaired) electrons. The summed E-state index contributed by atoms with van der Waals surface area (Å²) in [5, 5.41) is 0. The van der Waals surface area contributed by atoms with Crippen molar-refractivity contribution in [3.63, 3.8) is 0 Å². The van der Waals surface area contributed by atoms with Crippen LogP contribution in [-0.2, 0) is 17.4 Å². The minimum absolute atomic E-state index is 0. The summed E-state index contributed by atoms with van der Waals surface area (Å²) in [4.78, 5) is 0. The van der Waals surface area contributed by atoms with E-state index in [1.807, 2.05) is 60.7 Å². The van der Waals surface area contributed by atoms with Crippen LogP contribution in [0.1, 0.15) is 5.56 Å². The van der Waals surface area contributed by atoms with Gasteiger partial charge in [-0.15, -0.1) is 18.7 Å². The summed E-state index contributed by atoms with van der Waals surface area (Å²) in [5.74, 6) is 0. The predicted octanol–water partition coefficient (Wildman–Crippen LogP) is 3.45. The molecule has 0 aliphatic heterocycles. The summed E-state index contributed by atoms with van der Waals surface area (Å²) in [6.07, 6.45) is 1.83. The molecular weight excluding hydrogens is 196 g/mol. The summed E-state index contributed by atoms with van der Waals surface area (Å²) in [7, 11) is 0. The second kappa shape index (κ2) is 7.61. The zero-order valence-corrected chi connectivity index (χ0v) is 8.66. The smallest absolute Gasteiger partial charge is 0.214 e. The van der Waals surface area contributed by atoms with Gasteiger partial charge in [-0.05, 0) is 0 Å². The third kappa shape index (κ3) is 5.25. The molecule has 2 aromatic rings. The number of hydrogen-bond acceptors (Lipinski definition) is 0. The largest absolute Gasteiger partial charge is 2.00 e. The first-order chi connectivity index (χ1) is 5.93. The number of rotatable bonds is 1. The second-order valence-electron chi connectivity index (χ2n) is 2.38. The van der Waals surface area contributed by atoms with Gasteiger partial charge >= 0.3 is 17.4 Å². The average Bonchev–Trinajstić information content (AvgIpc) is 2.81.